The number of hydrogen-bond donors (Lipinski definition) is 0. The molecule has 0 spiro atoms. The summed E-state index contributed by atoms with van der Waals surface area (Å²) in [7, 11) is 4.27. The van der Waals surface area contributed by atoms with E-state index in [0.29, 0.717) is 5.75 Å². The van der Waals surface area contributed by atoms with E-state index in [0.717, 1.165) is 6.07 Å². The van der Waals surface area contributed by atoms with E-state index in [1.54, 1.807) is 0 Å². The fourth-order valence-electron chi connectivity index (χ4n) is 2.16. The van der Waals surface area contributed by atoms with Gasteiger partial charge in [-0.3, -0.25) is 4.79 Å². The Kier molecular flexibility index (Phi) is 5.94. The van der Waals surface area contributed by atoms with Crippen LogP contribution in [0.15, 0.2) is 36.4 Å². The lowest BCUT2D eigenvalue weighted by molar-refractivity contribution is 0.0474. The Hall–Kier alpha value is -3.09. The first-order valence-electron chi connectivity index (χ1n) is 7.26. The molecule has 7 heteroatoms. The van der Waals surface area contributed by atoms with Gasteiger partial charge in [0.25, 0.3) is 0 Å². The first-order chi connectivity index (χ1) is 12.0. The Morgan fingerprint density at radius 2 is 1.56 bits per heavy atom. The van der Waals surface area contributed by atoms with E-state index in [-0.39, 0.29) is 22.6 Å². The molecule has 0 fully saturated rings. The lowest BCUT2D eigenvalue weighted by atomic mass is 10.1. The van der Waals surface area contributed by atoms with Gasteiger partial charge < -0.3 is 18.9 Å². The molecule has 0 unspecified atom stereocenters. The third kappa shape index (κ3) is 4.26. The second kappa shape index (κ2) is 8.14. The summed E-state index contributed by atoms with van der Waals surface area (Å²) in [4.78, 5) is 24.1. The van der Waals surface area contributed by atoms with Gasteiger partial charge in [-0.05, 0) is 24.3 Å². The van der Waals surface area contributed by atoms with Gasteiger partial charge in [-0.25, -0.2) is 9.18 Å². The van der Waals surface area contributed by atoms with E-state index in [4.69, 9.17) is 18.9 Å². The molecule has 0 aliphatic rings. The highest BCUT2D eigenvalue weighted by molar-refractivity contribution is 5.99. The first kappa shape index (κ1) is 18.3. The van der Waals surface area contributed by atoms with Crippen LogP contribution in [0.4, 0.5) is 4.39 Å². The van der Waals surface area contributed by atoms with Crippen LogP contribution in [-0.4, -0.2) is 39.7 Å². The number of methoxy groups -OCH3 is 3. The maximum absolute atomic E-state index is 13.1. The number of halogens is 1. The third-order valence-corrected chi connectivity index (χ3v) is 3.38. The molecule has 0 bridgehead atoms. The van der Waals surface area contributed by atoms with Crippen LogP contribution in [0.25, 0.3) is 0 Å². The number of esters is 1. The smallest absolute Gasteiger partial charge is 0.338 e. The molecule has 25 heavy (non-hydrogen) atoms. The van der Waals surface area contributed by atoms with E-state index >= 15 is 0 Å². The third-order valence-electron chi connectivity index (χ3n) is 3.38. The molecule has 0 atom stereocenters. The van der Waals surface area contributed by atoms with Crippen LogP contribution in [-0.2, 0) is 4.74 Å². The number of benzene rings is 2. The summed E-state index contributed by atoms with van der Waals surface area (Å²) in [6.07, 6.45) is 0. The van der Waals surface area contributed by atoms with Crippen molar-refractivity contribution in [3.8, 4) is 17.2 Å². The molecule has 0 heterocycles. The summed E-state index contributed by atoms with van der Waals surface area (Å²) in [6, 6.07) is 7.98. The normalized spacial score (nSPS) is 10.1. The average Bonchev–Trinajstić information content (AvgIpc) is 2.64. The van der Waals surface area contributed by atoms with Crippen LogP contribution >= 0.6 is 0 Å². The molecule has 2 aromatic rings. The zero-order valence-corrected chi connectivity index (χ0v) is 14.0. The number of ketones is 1. The second-order valence-electron chi connectivity index (χ2n) is 4.92. The molecule has 2 aromatic carbocycles. The minimum Gasteiger partial charge on any atom is -0.493 e. The van der Waals surface area contributed by atoms with E-state index in [2.05, 4.69) is 0 Å². The van der Waals surface area contributed by atoms with Gasteiger partial charge in [0, 0.05) is 5.56 Å². The average molecular weight is 348 g/mol. The van der Waals surface area contributed by atoms with Crippen molar-refractivity contribution in [2.24, 2.45) is 0 Å². The number of hydrogen-bond acceptors (Lipinski definition) is 6. The minimum atomic E-state index is -0.746. The molecule has 0 saturated heterocycles. The predicted molar refractivity (Wildman–Crippen MR) is 87.1 cm³/mol. The Morgan fingerprint density at radius 3 is 2.08 bits per heavy atom. The van der Waals surface area contributed by atoms with Gasteiger partial charge in [0.1, 0.15) is 5.82 Å². The molecule has 0 amide bonds. The molecule has 0 radical (unpaired) electrons. The maximum atomic E-state index is 13.1. The number of rotatable bonds is 7. The lowest BCUT2D eigenvalue weighted by Gasteiger charge is -2.13. The van der Waals surface area contributed by atoms with Crippen LogP contribution in [0, 0.1) is 5.82 Å². The summed E-state index contributed by atoms with van der Waals surface area (Å²) in [5.74, 6) is -0.904. The predicted octanol–water partition coefficient (Wildman–Crippen LogP) is 2.89. The fraction of sp³-hybridized carbons (Fsp3) is 0.222. The second-order valence-corrected chi connectivity index (χ2v) is 4.92. The van der Waals surface area contributed by atoms with E-state index in [9.17, 15) is 14.0 Å². The molecule has 0 saturated carbocycles. The summed E-state index contributed by atoms with van der Waals surface area (Å²) in [5.41, 5.74) is 0.249. The lowest BCUT2D eigenvalue weighted by Crippen LogP contribution is -2.14. The molecule has 0 N–H and O–H groups in total. The summed E-state index contributed by atoms with van der Waals surface area (Å²) in [6.45, 7) is -0.515. The van der Waals surface area contributed by atoms with E-state index in [1.165, 1.54) is 51.7 Å². The van der Waals surface area contributed by atoms with Crippen LogP contribution in [0.1, 0.15) is 20.7 Å². The van der Waals surface area contributed by atoms with Crippen LogP contribution in [0.3, 0.4) is 0 Å². The van der Waals surface area contributed by atoms with Crippen molar-refractivity contribution in [2.45, 2.75) is 0 Å². The van der Waals surface area contributed by atoms with Gasteiger partial charge in [-0.1, -0.05) is 12.1 Å². The van der Waals surface area contributed by atoms with Crippen molar-refractivity contribution in [1.29, 1.82) is 0 Å². The summed E-state index contributed by atoms with van der Waals surface area (Å²) >= 11 is 0. The van der Waals surface area contributed by atoms with Crippen molar-refractivity contribution in [3.05, 3.63) is 53.3 Å². The minimum absolute atomic E-state index is 0.123. The Bertz CT molecular complexity index is 762. The van der Waals surface area contributed by atoms with Gasteiger partial charge in [0.2, 0.25) is 5.75 Å². The van der Waals surface area contributed by atoms with E-state index < -0.39 is 24.2 Å². The molecule has 6 nitrogen and oxygen atoms in total. The Balaban J connectivity index is 2.14. The first-order valence-corrected chi connectivity index (χ1v) is 7.26. The van der Waals surface area contributed by atoms with Crippen LogP contribution < -0.4 is 14.2 Å². The fourth-order valence-corrected chi connectivity index (χ4v) is 2.16. The van der Waals surface area contributed by atoms with Crippen molar-refractivity contribution in [3.63, 3.8) is 0 Å². The molecule has 2 rings (SSSR count). The highest BCUT2D eigenvalue weighted by atomic mass is 19.1. The largest absolute Gasteiger partial charge is 0.493 e. The van der Waals surface area contributed by atoms with Gasteiger partial charge >= 0.3 is 5.97 Å². The highest BCUT2D eigenvalue weighted by Crippen LogP contribution is 2.38. The molecule has 132 valence electrons. The van der Waals surface area contributed by atoms with Gasteiger partial charge in [-0.2, -0.15) is 0 Å². The Morgan fingerprint density at radius 1 is 0.920 bits per heavy atom. The number of carbonyl (C=O) groups is 2. The molecular formula is C18H17FO6. The molecule has 0 aliphatic heterocycles. The number of Topliss-reactive ketones (excluding diaryl/α,β-unsaturated/α-hetero) is 1. The standard InChI is InChI=1S/C18H17FO6/c1-22-15-8-12(9-16(23-2)17(15)24-3)18(21)25-10-14(20)11-5-4-6-13(19)7-11/h4-9H,10H2,1-3H3. The SMILES string of the molecule is COc1cc(C(=O)OCC(=O)c2cccc(F)c2)cc(OC)c1OC. The number of ether oxygens (including phenoxy) is 4. The zero-order chi connectivity index (χ0) is 18.4. The van der Waals surface area contributed by atoms with Crippen molar-refractivity contribution >= 4 is 11.8 Å². The summed E-state index contributed by atoms with van der Waals surface area (Å²) in [5, 5.41) is 0. The molecular weight excluding hydrogens is 331 g/mol. The van der Waals surface area contributed by atoms with Crippen molar-refractivity contribution in [2.75, 3.05) is 27.9 Å². The van der Waals surface area contributed by atoms with Crippen LogP contribution in [0.2, 0.25) is 0 Å². The quantitative estimate of drug-likeness (QED) is 0.566. The highest BCUT2D eigenvalue weighted by Gasteiger charge is 2.19. The van der Waals surface area contributed by atoms with E-state index in [1.807, 2.05) is 0 Å². The zero-order valence-electron chi connectivity index (χ0n) is 14.0. The molecule has 0 aromatic heterocycles. The summed E-state index contributed by atoms with van der Waals surface area (Å²) < 4.78 is 33.6. The molecule has 0 aliphatic carbocycles. The van der Waals surface area contributed by atoms with Gasteiger partial charge in [0.05, 0.1) is 26.9 Å². The van der Waals surface area contributed by atoms with Crippen molar-refractivity contribution in [1.82, 2.24) is 0 Å². The van der Waals surface area contributed by atoms with Crippen LogP contribution in [0.5, 0.6) is 17.2 Å². The topological polar surface area (TPSA) is 71.1 Å². The Labute approximate surface area is 144 Å². The number of carbonyl (C=O) groups excluding carboxylic acids is 2. The van der Waals surface area contributed by atoms with Gasteiger partial charge in [0.15, 0.2) is 23.9 Å². The van der Waals surface area contributed by atoms with Crippen molar-refractivity contribution < 1.29 is 32.9 Å². The monoisotopic (exact) mass is 348 g/mol. The van der Waals surface area contributed by atoms with Gasteiger partial charge in [-0.15, -0.1) is 0 Å². The maximum Gasteiger partial charge on any atom is 0.338 e.